The average molecular weight is 748 g/mol. The Labute approximate surface area is 327 Å². The van der Waals surface area contributed by atoms with Gasteiger partial charge in [-0.05, 0) is 137 Å². The van der Waals surface area contributed by atoms with E-state index >= 15 is 0 Å². The number of aromatic nitrogens is 4. The fourth-order valence-corrected chi connectivity index (χ4v) is 5.38. The zero-order chi connectivity index (χ0) is 39.2. The Morgan fingerprint density at radius 3 is 2.09 bits per heavy atom. The maximum atomic E-state index is 12.8. The van der Waals surface area contributed by atoms with Gasteiger partial charge < -0.3 is 19.9 Å². The van der Waals surface area contributed by atoms with Crippen molar-refractivity contribution in [2.45, 2.75) is 24.3 Å². The van der Waals surface area contributed by atoms with Gasteiger partial charge in [-0.15, -0.1) is 5.10 Å². The number of carbonyl (C=O) groups excluding carboxylic acids is 2. The van der Waals surface area contributed by atoms with Gasteiger partial charge in [0.1, 0.15) is 17.2 Å². The molecule has 1 aromatic heterocycles. The van der Waals surface area contributed by atoms with E-state index in [1.165, 1.54) is 17.8 Å². The van der Waals surface area contributed by atoms with Crippen LogP contribution in [0.1, 0.15) is 18.9 Å². The van der Waals surface area contributed by atoms with Gasteiger partial charge in [-0.3, -0.25) is 9.59 Å². The predicted octanol–water partition coefficient (Wildman–Crippen LogP) is 5.17. The zero-order valence-corrected chi connectivity index (χ0v) is 30.3. The molecule has 0 fully saturated rings. The summed E-state index contributed by atoms with van der Waals surface area (Å²) in [5.74, 6) is 39.7. The second-order valence-corrected chi connectivity index (χ2v) is 11.5. The van der Waals surface area contributed by atoms with Gasteiger partial charge in [-0.1, -0.05) is 66.2 Å². The Kier molecular flexibility index (Phi) is 14.7. The number of phenols is 1. The number of para-hydroxylation sites is 2. The summed E-state index contributed by atoms with van der Waals surface area (Å²) in [7, 11) is 0. The summed E-state index contributed by atoms with van der Waals surface area (Å²) >= 11 is 1.41. The van der Waals surface area contributed by atoms with E-state index in [1.807, 2.05) is 42.5 Å². The SMILES string of the molecule is CC#CC#CC#CC#CC#CC#CC#CC#CC(=O)Nc1ccc2c(OCCC(=O)Oc3ccccc3CSc3nnnn3-c3ccccc3)cccc2c1O. The molecule has 0 saturated carbocycles. The van der Waals surface area contributed by atoms with E-state index in [9.17, 15) is 14.7 Å². The van der Waals surface area contributed by atoms with Gasteiger partial charge in [0.15, 0.2) is 0 Å². The van der Waals surface area contributed by atoms with Crippen LogP contribution in [0.25, 0.3) is 16.5 Å². The van der Waals surface area contributed by atoms with Gasteiger partial charge in [-0.2, -0.15) is 4.68 Å². The van der Waals surface area contributed by atoms with Crippen molar-refractivity contribution in [2.75, 3.05) is 11.9 Å². The number of tetrazole rings is 1. The molecule has 5 aromatic rings. The monoisotopic (exact) mass is 747 g/mol. The van der Waals surface area contributed by atoms with Crippen LogP contribution >= 0.6 is 11.8 Å². The number of thioether (sulfide) groups is 1. The molecule has 11 heteroatoms. The lowest BCUT2D eigenvalue weighted by atomic mass is 10.1. The molecule has 0 radical (unpaired) electrons. The van der Waals surface area contributed by atoms with Crippen molar-refractivity contribution >= 4 is 40.1 Å². The van der Waals surface area contributed by atoms with Gasteiger partial charge in [0.05, 0.1) is 24.4 Å². The second kappa shape index (κ2) is 21.2. The standard InChI is InChI=1S/C45H25N5O5S/c1-2-3-4-5-6-7-8-9-10-11-12-13-14-15-19-29-42(51)46-39-31-30-37-38(44(39)53)26-22-28-41(37)54-33-32-43(52)55-40-27-21-20-23-35(40)34-56-45-47-48-49-50(45)36-24-17-16-18-25-36/h16-18,20-28,30-31,53H,32-34H2,1H3,(H,46,51). The minimum atomic E-state index is -0.692. The first-order valence-electron chi connectivity index (χ1n) is 16.4. The lowest BCUT2D eigenvalue weighted by Crippen LogP contribution is -2.13. The summed E-state index contributed by atoms with van der Waals surface area (Å²) in [5, 5.41) is 27.1. The lowest BCUT2D eigenvalue weighted by Gasteiger charge is -2.13. The molecule has 10 nitrogen and oxygen atoms in total. The Morgan fingerprint density at radius 1 is 0.732 bits per heavy atom. The van der Waals surface area contributed by atoms with Crippen LogP contribution < -0.4 is 14.8 Å². The Bertz CT molecular complexity index is 2810. The summed E-state index contributed by atoms with van der Waals surface area (Å²) in [5.41, 5.74) is 1.77. The van der Waals surface area contributed by atoms with Gasteiger partial charge >= 0.3 is 11.9 Å². The topological polar surface area (TPSA) is 128 Å². The summed E-state index contributed by atoms with van der Waals surface area (Å²) in [4.78, 5) is 25.2. The van der Waals surface area contributed by atoms with Crippen LogP contribution in [0.4, 0.5) is 5.69 Å². The first-order chi connectivity index (χ1) is 27.5. The number of aromatic hydroxyl groups is 1. The van der Waals surface area contributed by atoms with Gasteiger partial charge in [-0.25, -0.2) is 0 Å². The normalized spacial score (nSPS) is 8.88. The van der Waals surface area contributed by atoms with Crippen LogP contribution in [0, 0.1) is 94.7 Å². The second-order valence-electron chi connectivity index (χ2n) is 10.6. The fourth-order valence-electron chi connectivity index (χ4n) is 4.50. The van der Waals surface area contributed by atoms with E-state index in [0.717, 1.165) is 11.3 Å². The molecule has 0 aliphatic carbocycles. The highest BCUT2D eigenvalue weighted by Gasteiger charge is 2.15. The Morgan fingerprint density at radius 2 is 1.38 bits per heavy atom. The van der Waals surface area contributed by atoms with Crippen LogP contribution in [0.2, 0.25) is 0 Å². The number of nitrogens with one attached hydrogen (secondary N) is 1. The molecule has 1 amide bonds. The van der Waals surface area contributed by atoms with Crippen molar-refractivity contribution in [3.05, 3.63) is 90.5 Å². The summed E-state index contributed by atoms with van der Waals surface area (Å²) in [6.07, 6.45) is -0.0400. The molecule has 0 saturated heterocycles. The summed E-state index contributed by atoms with van der Waals surface area (Å²) < 4.78 is 13.3. The number of ether oxygens (including phenoxy) is 2. The minimum Gasteiger partial charge on any atom is -0.505 e. The smallest absolute Gasteiger partial charge is 0.314 e. The first-order valence-corrected chi connectivity index (χ1v) is 17.4. The van der Waals surface area contributed by atoms with Gasteiger partial charge in [0.2, 0.25) is 5.16 Å². The molecule has 1 heterocycles. The molecular weight excluding hydrogens is 723 g/mol. The predicted molar refractivity (Wildman–Crippen MR) is 213 cm³/mol. The number of rotatable bonds is 10. The average Bonchev–Trinajstić information content (AvgIpc) is 3.69. The van der Waals surface area contributed by atoms with E-state index in [0.29, 0.717) is 33.2 Å². The zero-order valence-electron chi connectivity index (χ0n) is 29.5. The van der Waals surface area contributed by atoms with Crippen molar-refractivity contribution in [1.82, 2.24) is 20.2 Å². The molecule has 5 rings (SSSR count). The number of carbonyl (C=O) groups is 2. The van der Waals surface area contributed by atoms with Crippen LogP contribution in [0.3, 0.4) is 0 Å². The molecule has 4 aromatic carbocycles. The van der Waals surface area contributed by atoms with E-state index in [2.05, 4.69) is 116 Å². The number of hydrogen-bond acceptors (Lipinski definition) is 9. The van der Waals surface area contributed by atoms with E-state index in [1.54, 1.807) is 48.0 Å². The summed E-state index contributed by atoms with van der Waals surface area (Å²) in [6, 6.07) is 25.1. The fraction of sp³-hybridized carbons (Fsp3) is 0.0889. The molecular formula is C45H25N5O5S. The largest absolute Gasteiger partial charge is 0.505 e. The highest BCUT2D eigenvalue weighted by atomic mass is 32.2. The quantitative estimate of drug-likeness (QED) is 0.0654. The number of phenolic OH excluding ortho intramolecular Hbond substituents is 1. The number of hydrogen-bond donors (Lipinski definition) is 2. The number of benzene rings is 4. The van der Waals surface area contributed by atoms with Crippen LogP contribution in [0.15, 0.2) is 90.1 Å². The van der Waals surface area contributed by atoms with Gasteiger partial charge in [0.25, 0.3) is 0 Å². The van der Waals surface area contributed by atoms with Crippen LogP contribution in [0.5, 0.6) is 17.2 Å². The van der Waals surface area contributed by atoms with Crippen molar-refractivity contribution < 1.29 is 24.2 Å². The van der Waals surface area contributed by atoms with E-state index < -0.39 is 11.9 Å². The van der Waals surface area contributed by atoms with E-state index in [4.69, 9.17) is 9.47 Å². The number of esters is 1. The third-order valence-electron chi connectivity index (χ3n) is 6.91. The Hall–Kier alpha value is -8.42. The summed E-state index contributed by atoms with van der Waals surface area (Å²) in [6.45, 7) is 1.69. The lowest BCUT2D eigenvalue weighted by molar-refractivity contribution is -0.135. The van der Waals surface area contributed by atoms with Crippen molar-refractivity contribution in [2.24, 2.45) is 0 Å². The maximum Gasteiger partial charge on any atom is 0.314 e. The number of anilines is 1. The molecule has 0 unspecified atom stereocenters. The molecule has 0 aliphatic heterocycles. The van der Waals surface area contributed by atoms with E-state index in [-0.39, 0.29) is 24.5 Å². The van der Waals surface area contributed by atoms with Crippen molar-refractivity contribution in [1.29, 1.82) is 0 Å². The van der Waals surface area contributed by atoms with Crippen molar-refractivity contribution in [3.63, 3.8) is 0 Å². The molecule has 56 heavy (non-hydrogen) atoms. The van der Waals surface area contributed by atoms with Gasteiger partial charge in [0, 0.05) is 28.0 Å². The molecule has 0 spiro atoms. The molecule has 0 bridgehead atoms. The first kappa shape index (κ1) is 38.8. The van der Waals surface area contributed by atoms with Crippen LogP contribution in [-0.2, 0) is 15.3 Å². The third-order valence-corrected chi connectivity index (χ3v) is 7.88. The highest BCUT2D eigenvalue weighted by molar-refractivity contribution is 7.98. The van der Waals surface area contributed by atoms with Crippen LogP contribution in [-0.4, -0.2) is 43.8 Å². The molecule has 2 N–H and O–H groups in total. The highest BCUT2D eigenvalue weighted by Crippen LogP contribution is 2.37. The molecule has 0 aliphatic rings. The minimum absolute atomic E-state index is 0.0166. The van der Waals surface area contributed by atoms with Crippen molar-refractivity contribution in [3.8, 4) is 118 Å². The number of fused-ring (bicyclic) bond motifs is 1. The third kappa shape index (κ3) is 11.8. The number of amides is 1. The molecule has 266 valence electrons. The molecule has 0 atom stereocenters. The number of nitrogens with zero attached hydrogens (tertiary/aromatic N) is 4. The Balaban J connectivity index is 1.11. The maximum absolute atomic E-state index is 12.8.